The van der Waals surface area contributed by atoms with Gasteiger partial charge >= 0.3 is 0 Å². The highest BCUT2D eigenvalue weighted by molar-refractivity contribution is 9.10. The Balaban J connectivity index is 1.95. The molecular weight excluding hydrogens is 326 g/mol. The lowest BCUT2D eigenvalue weighted by Gasteiger charge is -2.11. The maximum atomic E-state index is 10.2. The number of halogens is 1. The first-order valence-corrected chi connectivity index (χ1v) is 7.93. The summed E-state index contributed by atoms with van der Waals surface area (Å²) in [6.07, 6.45) is 2.07. The molecule has 0 saturated heterocycles. The number of aliphatic hydroxyl groups is 1. The molecule has 1 N–H and O–H groups in total. The number of aliphatic hydroxyl groups excluding tert-OH is 1. The second kappa shape index (κ2) is 7.07. The number of hydrogen-bond donors (Lipinski definition) is 1. The summed E-state index contributed by atoms with van der Waals surface area (Å²) in [5.41, 5.74) is 0.784. The maximum absolute atomic E-state index is 10.2. The average molecular weight is 342 g/mol. The highest BCUT2D eigenvalue weighted by atomic mass is 79.9. The van der Waals surface area contributed by atoms with Crippen molar-refractivity contribution in [3.05, 3.63) is 40.6 Å². The summed E-state index contributed by atoms with van der Waals surface area (Å²) >= 11 is 5.03. The van der Waals surface area contributed by atoms with Crippen LogP contribution in [0.15, 0.2) is 39.8 Å². The maximum Gasteiger partial charge on any atom is 0.107 e. The Morgan fingerprint density at radius 1 is 1.37 bits per heavy atom. The molecule has 0 amide bonds. The van der Waals surface area contributed by atoms with Gasteiger partial charge in [0.25, 0.3) is 0 Å². The minimum absolute atomic E-state index is 0.546. The molecule has 0 bridgehead atoms. The number of nitrogens with zero attached hydrogens (tertiary/aromatic N) is 3. The van der Waals surface area contributed by atoms with Crippen molar-refractivity contribution in [1.29, 1.82) is 0 Å². The molecule has 4 nitrogen and oxygen atoms in total. The Hall–Kier alpha value is -0.850. The Labute approximate surface area is 125 Å². The van der Waals surface area contributed by atoms with Gasteiger partial charge < -0.3 is 5.11 Å². The SMILES string of the molecule is CCCn1nncc1C(O)CSc1ccc(Br)cc1. The molecule has 1 aromatic carbocycles. The first-order valence-electron chi connectivity index (χ1n) is 6.15. The van der Waals surface area contributed by atoms with Crippen molar-refractivity contribution in [3.8, 4) is 0 Å². The van der Waals surface area contributed by atoms with Gasteiger partial charge in [0.05, 0.1) is 11.9 Å². The van der Waals surface area contributed by atoms with Crippen LogP contribution in [0.2, 0.25) is 0 Å². The second-order valence-corrected chi connectivity index (χ2v) is 6.17. The van der Waals surface area contributed by atoms with Crippen molar-refractivity contribution < 1.29 is 5.11 Å². The minimum Gasteiger partial charge on any atom is -0.386 e. The van der Waals surface area contributed by atoms with E-state index in [2.05, 4.69) is 33.2 Å². The van der Waals surface area contributed by atoms with Crippen LogP contribution in [-0.4, -0.2) is 25.9 Å². The third kappa shape index (κ3) is 4.06. The van der Waals surface area contributed by atoms with Gasteiger partial charge in [0.15, 0.2) is 0 Å². The van der Waals surface area contributed by atoms with Gasteiger partial charge in [0, 0.05) is 21.7 Å². The van der Waals surface area contributed by atoms with Crippen LogP contribution in [0.25, 0.3) is 0 Å². The predicted molar refractivity (Wildman–Crippen MR) is 80.1 cm³/mol. The number of aromatic nitrogens is 3. The van der Waals surface area contributed by atoms with Crippen molar-refractivity contribution in [2.45, 2.75) is 30.9 Å². The van der Waals surface area contributed by atoms with Crippen molar-refractivity contribution >= 4 is 27.7 Å². The van der Waals surface area contributed by atoms with E-state index in [9.17, 15) is 5.11 Å². The quantitative estimate of drug-likeness (QED) is 0.819. The molecule has 102 valence electrons. The van der Waals surface area contributed by atoms with E-state index in [4.69, 9.17) is 0 Å². The van der Waals surface area contributed by atoms with Gasteiger partial charge in [-0.05, 0) is 30.7 Å². The smallest absolute Gasteiger partial charge is 0.107 e. The van der Waals surface area contributed by atoms with E-state index in [0.29, 0.717) is 5.75 Å². The zero-order valence-electron chi connectivity index (χ0n) is 10.7. The van der Waals surface area contributed by atoms with E-state index >= 15 is 0 Å². The molecule has 1 aromatic heterocycles. The van der Waals surface area contributed by atoms with Gasteiger partial charge in [0.1, 0.15) is 6.10 Å². The fraction of sp³-hybridized carbons (Fsp3) is 0.385. The van der Waals surface area contributed by atoms with Crippen LogP contribution in [0.5, 0.6) is 0 Å². The molecule has 0 spiro atoms. The number of aryl methyl sites for hydroxylation is 1. The van der Waals surface area contributed by atoms with Gasteiger partial charge in [-0.15, -0.1) is 16.9 Å². The van der Waals surface area contributed by atoms with E-state index in [1.165, 1.54) is 0 Å². The van der Waals surface area contributed by atoms with E-state index in [1.54, 1.807) is 22.6 Å². The molecule has 0 aliphatic rings. The Morgan fingerprint density at radius 2 is 2.11 bits per heavy atom. The Bertz CT molecular complexity index is 515. The average Bonchev–Trinajstić information content (AvgIpc) is 2.86. The summed E-state index contributed by atoms with van der Waals surface area (Å²) in [5, 5.41) is 18.1. The normalized spacial score (nSPS) is 12.6. The molecule has 0 aliphatic heterocycles. The number of rotatable bonds is 6. The summed E-state index contributed by atoms with van der Waals surface area (Å²) < 4.78 is 2.83. The molecule has 0 saturated carbocycles. The van der Waals surface area contributed by atoms with Gasteiger partial charge in [-0.1, -0.05) is 28.1 Å². The van der Waals surface area contributed by atoms with E-state index in [1.807, 2.05) is 24.3 Å². The highest BCUT2D eigenvalue weighted by Gasteiger charge is 2.14. The molecule has 1 heterocycles. The van der Waals surface area contributed by atoms with Crippen molar-refractivity contribution in [1.82, 2.24) is 15.0 Å². The van der Waals surface area contributed by atoms with Crippen molar-refractivity contribution in [2.24, 2.45) is 0 Å². The zero-order valence-corrected chi connectivity index (χ0v) is 13.1. The fourth-order valence-electron chi connectivity index (χ4n) is 1.70. The van der Waals surface area contributed by atoms with Gasteiger partial charge in [-0.2, -0.15) is 0 Å². The predicted octanol–water partition coefficient (Wildman–Crippen LogP) is 3.28. The third-order valence-corrected chi connectivity index (χ3v) is 4.26. The summed E-state index contributed by atoms with van der Waals surface area (Å²) in [4.78, 5) is 1.14. The highest BCUT2D eigenvalue weighted by Crippen LogP contribution is 2.25. The summed E-state index contributed by atoms with van der Waals surface area (Å²) in [7, 11) is 0. The lowest BCUT2D eigenvalue weighted by molar-refractivity contribution is 0.191. The standard InChI is InChI=1S/C13H16BrN3OS/c1-2-7-17-12(8-15-16-17)13(18)9-19-11-5-3-10(14)4-6-11/h3-6,8,13,18H,2,7,9H2,1H3. The summed E-state index contributed by atoms with van der Waals surface area (Å²) in [5.74, 6) is 0.596. The van der Waals surface area contributed by atoms with Crippen LogP contribution < -0.4 is 0 Å². The minimum atomic E-state index is -0.546. The first kappa shape index (κ1) is 14.6. The molecule has 0 radical (unpaired) electrons. The largest absolute Gasteiger partial charge is 0.386 e. The Kier molecular flexibility index (Phi) is 5.42. The van der Waals surface area contributed by atoms with E-state index in [-0.39, 0.29) is 0 Å². The molecule has 0 aliphatic carbocycles. The molecule has 6 heteroatoms. The van der Waals surface area contributed by atoms with Crippen LogP contribution in [0, 0.1) is 0 Å². The molecule has 0 fully saturated rings. The number of thioether (sulfide) groups is 1. The zero-order chi connectivity index (χ0) is 13.7. The molecular formula is C13H16BrN3OS. The van der Waals surface area contributed by atoms with Crippen LogP contribution in [0.3, 0.4) is 0 Å². The van der Waals surface area contributed by atoms with Gasteiger partial charge in [0.2, 0.25) is 0 Å². The molecule has 2 rings (SSSR count). The fourth-order valence-corrected chi connectivity index (χ4v) is 2.81. The molecule has 1 unspecified atom stereocenters. The molecule has 1 atom stereocenters. The molecule has 2 aromatic rings. The van der Waals surface area contributed by atoms with Crippen molar-refractivity contribution in [2.75, 3.05) is 5.75 Å². The van der Waals surface area contributed by atoms with Crippen LogP contribution in [-0.2, 0) is 6.54 Å². The van der Waals surface area contributed by atoms with Gasteiger partial charge in [-0.3, -0.25) is 0 Å². The van der Waals surface area contributed by atoms with E-state index < -0.39 is 6.10 Å². The number of hydrogen-bond acceptors (Lipinski definition) is 4. The second-order valence-electron chi connectivity index (χ2n) is 4.16. The van der Waals surface area contributed by atoms with E-state index in [0.717, 1.165) is 28.0 Å². The van der Waals surface area contributed by atoms with Crippen LogP contribution >= 0.6 is 27.7 Å². The topological polar surface area (TPSA) is 50.9 Å². The monoisotopic (exact) mass is 341 g/mol. The first-order chi connectivity index (χ1) is 9.20. The third-order valence-electron chi connectivity index (χ3n) is 2.65. The van der Waals surface area contributed by atoms with Gasteiger partial charge in [-0.25, -0.2) is 4.68 Å². The van der Waals surface area contributed by atoms with Crippen LogP contribution in [0.1, 0.15) is 25.1 Å². The van der Waals surface area contributed by atoms with Crippen LogP contribution in [0.4, 0.5) is 0 Å². The summed E-state index contributed by atoms with van der Waals surface area (Å²) in [6.45, 7) is 2.86. The molecule has 19 heavy (non-hydrogen) atoms. The number of benzene rings is 1. The van der Waals surface area contributed by atoms with Crippen molar-refractivity contribution in [3.63, 3.8) is 0 Å². The lowest BCUT2D eigenvalue weighted by Crippen LogP contribution is -2.10. The Morgan fingerprint density at radius 3 is 2.79 bits per heavy atom. The lowest BCUT2D eigenvalue weighted by atomic mass is 10.3. The summed E-state index contributed by atoms with van der Waals surface area (Å²) in [6, 6.07) is 8.06.